The van der Waals surface area contributed by atoms with Crippen LogP contribution in [0.2, 0.25) is 0 Å². The number of hydrogen-bond acceptors (Lipinski definition) is 2. The molecule has 0 atom stereocenters. The molecular weight excluding hydrogens is 297 g/mol. The number of rotatable bonds is 8. The number of benzene rings is 1. The second-order valence-corrected chi connectivity index (χ2v) is 6.75. The molecule has 0 aliphatic heterocycles. The number of thioether (sulfide) groups is 1. The third kappa shape index (κ3) is 6.65. The number of carbonyl (C=O) groups is 1. The van der Waals surface area contributed by atoms with Crippen molar-refractivity contribution in [3.05, 3.63) is 47.3 Å². The zero-order chi connectivity index (χ0) is 15.6. The molecule has 0 heterocycles. The van der Waals surface area contributed by atoms with Crippen molar-refractivity contribution in [2.75, 3.05) is 12.3 Å². The molecule has 0 unspecified atom stereocenters. The molecular formula is C18H24FNOS. The second kappa shape index (κ2) is 9.67. The Hall–Kier alpha value is -1.29. The average Bonchev–Trinajstić information content (AvgIpc) is 2.53. The number of amides is 1. The Morgan fingerprint density at radius 3 is 3.00 bits per heavy atom. The van der Waals surface area contributed by atoms with Crippen LogP contribution in [0.15, 0.2) is 35.9 Å². The van der Waals surface area contributed by atoms with E-state index >= 15 is 0 Å². The molecule has 1 aliphatic carbocycles. The second-order valence-electron chi connectivity index (χ2n) is 5.64. The van der Waals surface area contributed by atoms with E-state index in [9.17, 15) is 9.18 Å². The van der Waals surface area contributed by atoms with Crippen LogP contribution >= 0.6 is 11.8 Å². The summed E-state index contributed by atoms with van der Waals surface area (Å²) in [4.78, 5) is 11.7. The maximum absolute atomic E-state index is 13.0. The lowest BCUT2D eigenvalue weighted by atomic mass is 9.97. The SMILES string of the molecule is O=C(CCSCc1cccc(F)c1)NCCC1=CCCCC1. The van der Waals surface area contributed by atoms with E-state index in [-0.39, 0.29) is 11.7 Å². The molecule has 120 valence electrons. The predicted molar refractivity (Wildman–Crippen MR) is 91.4 cm³/mol. The Morgan fingerprint density at radius 1 is 1.32 bits per heavy atom. The fraction of sp³-hybridized carbons (Fsp3) is 0.500. The lowest BCUT2D eigenvalue weighted by Crippen LogP contribution is -2.25. The van der Waals surface area contributed by atoms with Gasteiger partial charge >= 0.3 is 0 Å². The van der Waals surface area contributed by atoms with E-state index in [0.717, 1.165) is 30.0 Å². The zero-order valence-electron chi connectivity index (χ0n) is 12.9. The molecule has 0 saturated carbocycles. The molecule has 0 bridgehead atoms. The fourth-order valence-corrected chi connectivity index (χ4v) is 3.45. The molecule has 4 heteroatoms. The minimum atomic E-state index is -0.201. The van der Waals surface area contributed by atoms with E-state index in [2.05, 4.69) is 11.4 Å². The van der Waals surface area contributed by atoms with Gasteiger partial charge in [-0.3, -0.25) is 4.79 Å². The lowest BCUT2D eigenvalue weighted by molar-refractivity contribution is -0.120. The Balaban J connectivity index is 1.53. The Bertz CT molecular complexity index is 516. The molecule has 0 spiro atoms. The topological polar surface area (TPSA) is 29.1 Å². The summed E-state index contributed by atoms with van der Waals surface area (Å²) in [7, 11) is 0. The predicted octanol–water partition coefficient (Wildman–Crippen LogP) is 4.46. The van der Waals surface area contributed by atoms with Gasteiger partial charge in [0.2, 0.25) is 5.91 Å². The molecule has 1 aliphatic rings. The summed E-state index contributed by atoms with van der Waals surface area (Å²) in [5.41, 5.74) is 2.46. The molecule has 1 aromatic carbocycles. The fourth-order valence-electron chi connectivity index (χ4n) is 2.56. The molecule has 1 N–H and O–H groups in total. The maximum Gasteiger partial charge on any atom is 0.220 e. The van der Waals surface area contributed by atoms with Crippen molar-refractivity contribution < 1.29 is 9.18 Å². The molecule has 0 radical (unpaired) electrons. The largest absolute Gasteiger partial charge is 0.356 e. The molecule has 1 amide bonds. The minimum absolute atomic E-state index is 0.114. The highest BCUT2D eigenvalue weighted by molar-refractivity contribution is 7.98. The van der Waals surface area contributed by atoms with Crippen LogP contribution in [-0.4, -0.2) is 18.2 Å². The third-order valence-electron chi connectivity index (χ3n) is 3.78. The highest BCUT2D eigenvalue weighted by Crippen LogP contribution is 2.19. The number of carbonyl (C=O) groups excluding carboxylic acids is 1. The van der Waals surface area contributed by atoms with Gasteiger partial charge < -0.3 is 5.32 Å². The molecule has 0 fully saturated rings. The minimum Gasteiger partial charge on any atom is -0.356 e. The van der Waals surface area contributed by atoms with Gasteiger partial charge in [-0.05, 0) is 49.8 Å². The zero-order valence-corrected chi connectivity index (χ0v) is 13.8. The van der Waals surface area contributed by atoms with Crippen molar-refractivity contribution in [3.8, 4) is 0 Å². The molecule has 0 saturated heterocycles. The number of hydrogen-bond donors (Lipinski definition) is 1. The van der Waals surface area contributed by atoms with Crippen molar-refractivity contribution in [1.82, 2.24) is 5.32 Å². The first kappa shape index (κ1) is 17.1. The Kier molecular flexibility index (Phi) is 7.50. The quantitative estimate of drug-likeness (QED) is 0.566. The highest BCUT2D eigenvalue weighted by Gasteiger charge is 2.05. The third-order valence-corrected chi connectivity index (χ3v) is 4.81. The van der Waals surface area contributed by atoms with Gasteiger partial charge in [-0.25, -0.2) is 4.39 Å². The summed E-state index contributed by atoms with van der Waals surface area (Å²) in [6.07, 6.45) is 8.82. The van der Waals surface area contributed by atoms with Gasteiger partial charge in [-0.1, -0.05) is 23.8 Å². The summed E-state index contributed by atoms with van der Waals surface area (Å²) in [5, 5.41) is 2.98. The summed E-state index contributed by atoms with van der Waals surface area (Å²) in [6, 6.07) is 6.63. The van der Waals surface area contributed by atoms with Crippen LogP contribution in [0.25, 0.3) is 0 Å². The normalized spacial score (nSPS) is 14.5. The number of nitrogens with one attached hydrogen (secondary N) is 1. The summed E-state index contributed by atoms with van der Waals surface area (Å²) in [5.74, 6) is 1.43. The van der Waals surface area contributed by atoms with Crippen LogP contribution in [0, 0.1) is 5.82 Å². The number of halogens is 1. The maximum atomic E-state index is 13.0. The van der Waals surface area contributed by atoms with Gasteiger partial charge in [-0.2, -0.15) is 11.8 Å². The van der Waals surface area contributed by atoms with Crippen LogP contribution in [-0.2, 0) is 10.5 Å². The first-order valence-electron chi connectivity index (χ1n) is 8.01. The smallest absolute Gasteiger partial charge is 0.220 e. The molecule has 0 aromatic heterocycles. The van der Waals surface area contributed by atoms with Crippen LogP contribution in [0.3, 0.4) is 0 Å². The van der Waals surface area contributed by atoms with E-state index in [1.807, 2.05) is 6.07 Å². The van der Waals surface area contributed by atoms with E-state index in [4.69, 9.17) is 0 Å². The van der Waals surface area contributed by atoms with E-state index in [1.165, 1.54) is 37.3 Å². The van der Waals surface area contributed by atoms with E-state index < -0.39 is 0 Å². The van der Waals surface area contributed by atoms with Gasteiger partial charge in [0.05, 0.1) is 0 Å². The van der Waals surface area contributed by atoms with Crippen molar-refractivity contribution in [2.45, 2.75) is 44.3 Å². The summed E-state index contributed by atoms with van der Waals surface area (Å²) >= 11 is 1.67. The van der Waals surface area contributed by atoms with Crippen molar-refractivity contribution in [3.63, 3.8) is 0 Å². The Labute approximate surface area is 136 Å². The Morgan fingerprint density at radius 2 is 2.23 bits per heavy atom. The van der Waals surface area contributed by atoms with Gasteiger partial charge in [0.25, 0.3) is 0 Å². The van der Waals surface area contributed by atoms with Crippen molar-refractivity contribution in [1.29, 1.82) is 0 Å². The van der Waals surface area contributed by atoms with Crippen LogP contribution < -0.4 is 5.32 Å². The molecule has 2 rings (SSSR count). The van der Waals surface area contributed by atoms with Crippen LogP contribution in [0.5, 0.6) is 0 Å². The van der Waals surface area contributed by atoms with Crippen LogP contribution in [0.4, 0.5) is 4.39 Å². The van der Waals surface area contributed by atoms with Gasteiger partial charge in [0.15, 0.2) is 0 Å². The van der Waals surface area contributed by atoms with E-state index in [1.54, 1.807) is 23.9 Å². The summed E-state index contributed by atoms with van der Waals surface area (Å²) < 4.78 is 13.0. The first-order chi connectivity index (χ1) is 10.7. The number of allylic oxidation sites excluding steroid dienone is 1. The average molecular weight is 321 g/mol. The molecule has 2 nitrogen and oxygen atoms in total. The highest BCUT2D eigenvalue weighted by atomic mass is 32.2. The molecule has 1 aromatic rings. The van der Waals surface area contributed by atoms with Gasteiger partial charge in [0, 0.05) is 24.5 Å². The van der Waals surface area contributed by atoms with Crippen molar-refractivity contribution in [2.24, 2.45) is 0 Å². The monoisotopic (exact) mass is 321 g/mol. The molecule has 22 heavy (non-hydrogen) atoms. The van der Waals surface area contributed by atoms with E-state index in [0.29, 0.717) is 6.42 Å². The van der Waals surface area contributed by atoms with Gasteiger partial charge in [-0.15, -0.1) is 0 Å². The summed E-state index contributed by atoms with van der Waals surface area (Å²) in [6.45, 7) is 0.749. The lowest BCUT2D eigenvalue weighted by Gasteiger charge is -2.12. The first-order valence-corrected chi connectivity index (χ1v) is 9.16. The van der Waals surface area contributed by atoms with Crippen molar-refractivity contribution >= 4 is 17.7 Å². The van der Waals surface area contributed by atoms with Gasteiger partial charge in [0.1, 0.15) is 5.82 Å². The standard InChI is InChI=1S/C18H24FNOS/c19-17-8-4-7-16(13-17)14-22-12-10-18(21)20-11-9-15-5-2-1-3-6-15/h4-5,7-8,13H,1-3,6,9-12,14H2,(H,20,21). The van der Waals surface area contributed by atoms with Crippen LogP contribution in [0.1, 0.15) is 44.1 Å².